The quantitative estimate of drug-likeness (QED) is 0.538. The first kappa shape index (κ1) is 17.7. The Morgan fingerprint density at radius 3 is 2.58 bits per heavy atom. The zero-order valence-corrected chi connectivity index (χ0v) is 16.5. The van der Waals surface area contributed by atoms with Gasteiger partial charge in [0.1, 0.15) is 0 Å². The van der Waals surface area contributed by atoms with Crippen molar-refractivity contribution < 1.29 is 4.79 Å². The fourth-order valence-electron chi connectivity index (χ4n) is 3.84. The molecule has 1 saturated heterocycles. The fourth-order valence-corrected chi connectivity index (χ4v) is 5.08. The molecule has 4 rings (SSSR count). The number of amides is 1. The van der Waals surface area contributed by atoms with Crippen molar-refractivity contribution in [1.82, 2.24) is 4.90 Å². The molecule has 2 nitrogen and oxygen atoms in total. The topological polar surface area (TPSA) is 20.3 Å². The zero-order valence-electron chi connectivity index (χ0n) is 14.9. The maximum atomic E-state index is 12.2. The van der Waals surface area contributed by atoms with Gasteiger partial charge >= 0.3 is 0 Å². The Bertz CT molecular complexity index is 879. The van der Waals surface area contributed by atoms with Crippen LogP contribution in [0.2, 0.25) is 5.02 Å². The van der Waals surface area contributed by atoms with E-state index in [9.17, 15) is 4.79 Å². The molecule has 0 spiro atoms. The van der Waals surface area contributed by atoms with Crippen molar-refractivity contribution in [1.29, 1.82) is 0 Å². The Kier molecular flexibility index (Phi) is 5.10. The first-order valence-corrected chi connectivity index (χ1v) is 10.4. The summed E-state index contributed by atoms with van der Waals surface area (Å²) in [5.74, 6) is 0.291. The molecule has 1 fully saturated rings. The highest BCUT2D eigenvalue weighted by molar-refractivity contribution is 7.99. The molecule has 0 atom stereocenters. The van der Waals surface area contributed by atoms with Gasteiger partial charge in [-0.3, -0.25) is 4.79 Å². The van der Waals surface area contributed by atoms with Crippen LogP contribution in [0.3, 0.4) is 0 Å². The van der Waals surface area contributed by atoms with Gasteiger partial charge in [0.25, 0.3) is 0 Å². The normalized spacial score (nSPS) is 16.3. The highest BCUT2D eigenvalue weighted by atomic mass is 35.5. The van der Waals surface area contributed by atoms with E-state index in [2.05, 4.69) is 43.3 Å². The molecule has 1 amide bonds. The van der Waals surface area contributed by atoms with Crippen LogP contribution in [0.25, 0.3) is 5.57 Å². The van der Waals surface area contributed by atoms with Crippen molar-refractivity contribution in [3.63, 3.8) is 0 Å². The Labute approximate surface area is 164 Å². The molecule has 0 unspecified atom stereocenters. The summed E-state index contributed by atoms with van der Waals surface area (Å²) in [6.45, 7) is 3.71. The number of halogens is 1. The molecule has 0 aromatic heterocycles. The summed E-state index contributed by atoms with van der Waals surface area (Å²) in [4.78, 5) is 16.8. The zero-order chi connectivity index (χ0) is 18.1. The lowest BCUT2D eigenvalue weighted by Crippen LogP contribution is -2.36. The largest absolute Gasteiger partial charge is 0.342 e. The fraction of sp³-hybridized carbons (Fsp3) is 0.318. The van der Waals surface area contributed by atoms with Gasteiger partial charge in [0.05, 0.1) is 0 Å². The highest BCUT2D eigenvalue weighted by Gasteiger charge is 2.26. The number of benzene rings is 2. The second kappa shape index (κ2) is 7.50. The van der Waals surface area contributed by atoms with Gasteiger partial charge in [-0.05, 0) is 60.2 Å². The van der Waals surface area contributed by atoms with Crippen LogP contribution in [0.1, 0.15) is 43.7 Å². The van der Waals surface area contributed by atoms with Gasteiger partial charge in [-0.25, -0.2) is 0 Å². The average Bonchev–Trinajstić information content (AvgIpc) is 2.66. The second-order valence-corrected chi connectivity index (χ2v) is 8.37. The van der Waals surface area contributed by atoms with Crippen molar-refractivity contribution in [3.8, 4) is 0 Å². The maximum absolute atomic E-state index is 12.2. The van der Waals surface area contributed by atoms with Crippen molar-refractivity contribution in [2.24, 2.45) is 0 Å². The second-order valence-electron chi connectivity index (χ2n) is 6.85. The summed E-state index contributed by atoms with van der Waals surface area (Å²) in [5.41, 5.74) is 5.32. The minimum Gasteiger partial charge on any atom is -0.342 e. The van der Waals surface area contributed by atoms with Crippen LogP contribution in [-0.2, 0) is 4.79 Å². The summed E-state index contributed by atoms with van der Waals surface area (Å²) in [7, 11) is 0. The van der Waals surface area contributed by atoms with Crippen LogP contribution in [0.5, 0.6) is 0 Å². The van der Waals surface area contributed by atoms with E-state index >= 15 is 0 Å². The van der Waals surface area contributed by atoms with Crippen molar-refractivity contribution in [3.05, 3.63) is 64.2 Å². The van der Waals surface area contributed by atoms with E-state index in [4.69, 9.17) is 11.6 Å². The molecule has 2 aliphatic heterocycles. The molecule has 134 valence electrons. The van der Waals surface area contributed by atoms with Crippen molar-refractivity contribution in [2.45, 2.75) is 42.4 Å². The summed E-state index contributed by atoms with van der Waals surface area (Å²) in [5, 5.41) is 0.775. The Hall–Kier alpha value is -1.71. The minimum absolute atomic E-state index is 0.291. The van der Waals surface area contributed by atoms with E-state index in [1.165, 1.54) is 32.1 Å². The molecule has 2 aromatic carbocycles. The van der Waals surface area contributed by atoms with Gasteiger partial charge in [0.2, 0.25) is 5.91 Å². The summed E-state index contributed by atoms with van der Waals surface area (Å²) in [6, 6.07) is 14.8. The molecule has 2 aromatic rings. The molecule has 26 heavy (non-hydrogen) atoms. The molecule has 0 aliphatic carbocycles. The number of hydrogen-bond donors (Lipinski definition) is 0. The number of likely N-dealkylation sites (tertiary alicyclic amines) is 1. The predicted octanol–water partition coefficient (Wildman–Crippen LogP) is 6.03. The number of hydrogen-bond acceptors (Lipinski definition) is 2. The van der Waals surface area contributed by atoms with E-state index in [0.717, 1.165) is 37.4 Å². The first-order chi connectivity index (χ1) is 12.7. The van der Waals surface area contributed by atoms with Crippen LogP contribution >= 0.6 is 23.4 Å². The van der Waals surface area contributed by atoms with Gasteiger partial charge in [0.15, 0.2) is 0 Å². The summed E-state index contributed by atoms with van der Waals surface area (Å²) >= 11 is 8.14. The molecule has 4 heteroatoms. The summed E-state index contributed by atoms with van der Waals surface area (Å²) < 4.78 is 0. The lowest BCUT2D eigenvalue weighted by Gasteiger charge is -2.32. The number of piperidine rings is 1. The lowest BCUT2D eigenvalue weighted by atomic mass is 9.88. The third kappa shape index (κ3) is 3.30. The molecule has 0 N–H and O–H groups in total. The van der Waals surface area contributed by atoms with E-state index in [1.807, 2.05) is 22.7 Å². The molecule has 0 saturated carbocycles. The van der Waals surface area contributed by atoms with Gasteiger partial charge in [0, 0.05) is 34.3 Å². The van der Waals surface area contributed by atoms with Crippen LogP contribution in [0.4, 0.5) is 0 Å². The number of carbonyl (C=O) groups is 1. The van der Waals surface area contributed by atoms with E-state index in [0.29, 0.717) is 12.3 Å². The molecular weight excluding hydrogens is 362 g/mol. The predicted molar refractivity (Wildman–Crippen MR) is 109 cm³/mol. The average molecular weight is 384 g/mol. The number of fused-ring (bicyclic) bond motifs is 2. The number of rotatable bonds is 2. The Morgan fingerprint density at radius 1 is 1.08 bits per heavy atom. The van der Waals surface area contributed by atoms with Gasteiger partial charge in [-0.2, -0.15) is 0 Å². The monoisotopic (exact) mass is 383 g/mol. The first-order valence-electron chi connectivity index (χ1n) is 9.24. The van der Waals surface area contributed by atoms with Crippen molar-refractivity contribution >= 4 is 34.8 Å². The standard InChI is InChI=1S/C22H22ClNOS/c1-2-5-21(25)24-12-10-15(11-13-24)22-17-6-3-4-7-19(17)26-20-9-8-16(23)14-18(20)22/h3-4,6-9,14H,2,5,10-13H2,1H3. The van der Waals surface area contributed by atoms with Crippen LogP contribution in [-0.4, -0.2) is 23.9 Å². The van der Waals surface area contributed by atoms with E-state index < -0.39 is 0 Å². The number of nitrogens with zero attached hydrogens (tertiary/aromatic N) is 1. The third-order valence-corrected chi connectivity index (χ3v) is 6.51. The SMILES string of the molecule is CCCC(=O)N1CCC(=C2c3ccccc3Sc3ccc(Cl)cc32)CC1. The van der Waals surface area contributed by atoms with Crippen LogP contribution < -0.4 is 0 Å². The van der Waals surface area contributed by atoms with E-state index in [-0.39, 0.29) is 0 Å². The molecule has 0 bridgehead atoms. The Balaban J connectivity index is 1.73. The molecular formula is C22H22ClNOS. The van der Waals surface area contributed by atoms with Crippen molar-refractivity contribution in [2.75, 3.05) is 13.1 Å². The van der Waals surface area contributed by atoms with E-state index in [1.54, 1.807) is 0 Å². The smallest absolute Gasteiger partial charge is 0.222 e. The van der Waals surface area contributed by atoms with Gasteiger partial charge in [-0.15, -0.1) is 0 Å². The Morgan fingerprint density at radius 2 is 1.81 bits per heavy atom. The van der Waals surface area contributed by atoms with Crippen LogP contribution in [0, 0.1) is 0 Å². The van der Waals surface area contributed by atoms with Crippen LogP contribution in [0.15, 0.2) is 57.8 Å². The molecule has 2 heterocycles. The van der Waals surface area contributed by atoms with Gasteiger partial charge in [-0.1, -0.05) is 54.1 Å². The van der Waals surface area contributed by atoms with Gasteiger partial charge < -0.3 is 4.90 Å². The highest BCUT2D eigenvalue weighted by Crippen LogP contribution is 2.48. The maximum Gasteiger partial charge on any atom is 0.222 e. The number of carbonyl (C=O) groups excluding carboxylic acids is 1. The summed E-state index contributed by atoms with van der Waals surface area (Å²) in [6.07, 6.45) is 3.45. The lowest BCUT2D eigenvalue weighted by molar-refractivity contribution is -0.131. The molecule has 2 aliphatic rings. The third-order valence-electron chi connectivity index (χ3n) is 5.12. The molecule has 0 radical (unpaired) electrons. The minimum atomic E-state index is 0.291.